The number of aliphatic carboxylic acids is 2. The average Bonchev–Trinajstić information content (AvgIpc) is 2.14. The summed E-state index contributed by atoms with van der Waals surface area (Å²) < 4.78 is 0. The molecule has 0 spiro atoms. The monoisotopic (exact) mass is 261 g/mol. The molecule has 3 amide bonds. The lowest BCUT2D eigenvalue weighted by Crippen LogP contribution is -2.58. The van der Waals surface area contributed by atoms with Gasteiger partial charge >= 0.3 is 18.0 Å². The lowest BCUT2D eigenvalue weighted by Gasteiger charge is -2.23. The quantitative estimate of drug-likeness (QED) is 0.390. The summed E-state index contributed by atoms with van der Waals surface area (Å²) in [5.41, 5.74) is 3.62. The predicted molar refractivity (Wildman–Crippen MR) is 58.6 cm³/mol. The topological polar surface area (TPSA) is 159 Å². The Morgan fingerprint density at radius 3 is 2.06 bits per heavy atom. The van der Waals surface area contributed by atoms with Crippen molar-refractivity contribution in [2.24, 2.45) is 5.73 Å². The van der Waals surface area contributed by atoms with E-state index in [1.54, 1.807) is 0 Å². The van der Waals surface area contributed by atoms with Crippen LogP contribution in [0.5, 0.6) is 0 Å². The highest BCUT2D eigenvalue weighted by Gasteiger charge is 2.29. The van der Waals surface area contributed by atoms with E-state index in [4.69, 9.17) is 15.9 Å². The van der Waals surface area contributed by atoms with E-state index in [0.717, 1.165) is 0 Å². The first kappa shape index (κ1) is 15.7. The van der Waals surface area contributed by atoms with Gasteiger partial charge < -0.3 is 26.6 Å². The van der Waals surface area contributed by atoms with Crippen molar-refractivity contribution in [1.29, 1.82) is 0 Å². The van der Waals surface area contributed by atoms with Gasteiger partial charge in [-0.25, -0.2) is 9.59 Å². The number of carboxylic acids is 2. The van der Waals surface area contributed by atoms with Crippen molar-refractivity contribution in [3.63, 3.8) is 0 Å². The zero-order valence-corrected chi connectivity index (χ0v) is 9.89. The van der Waals surface area contributed by atoms with E-state index >= 15 is 0 Å². The zero-order valence-electron chi connectivity index (χ0n) is 9.89. The Bertz CT molecular complexity index is 378. The molecule has 0 aliphatic carbocycles. The van der Waals surface area contributed by atoms with Gasteiger partial charge in [-0.2, -0.15) is 0 Å². The summed E-state index contributed by atoms with van der Waals surface area (Å²) in [6, 6.07) is -2.58. The molecule has 18 heavy (non-hydrogen) atoms. The van der Waals surface area contributed by atoms with Gasteiger partial charge in [0.25, 0.3) is 0 Å². The molecule has 102 valence electrons. The third kappa shape index (κ3) is 5.14. The van der Waals surface area contributed by atoms with Gasteiger partial charge in [-0.1, -0.05) is 0 Å². The molecule has 0 fully saturated rings. The van der Waals surface area contributed by atoms with E-state index in [9.17, 15) is 19.2 Å². The predicted octanol–water partition coefficient (Wildman–Crippen LogP) is -1.52. The average molecular weight is 261 g/mol. The number of hydrogen-bond acceptors (Lipinski definition) is 4. The normalized spacial score (nSPS) is 12.3. The molecule has 6 N–H and O–H groups in total. The molecule has 9 heteroatoms. The zero-order chi connectivity index (χ0) is 14.5. The van der Waals surface area contributed by atoms with Crippen molar-refractivity contribution >= 4 is 23.9 Å². The van der Waals surface area contributed by atoms with Crippen LogP contribution in [0, 0.1) is 0 Å². The minimum Gasteiger partial charge on any atom is -0.481 e. The number of carboxylic acid groups (broad SMARTS) is 2. The van der Waals surface area contributed by atoms with Gasteiger partial charge in [0, 0.05) is 0 Å². The summed E-state index contributed by atoms with van der Waals surface area (Å²) in [4.78, 5) is 43.3. The molecule has 0 aromatic carbocycles. The van der Waals surface area contributed by atoms with Crippen LogP contribution >= 0.6 is 0 Å². The van der Waals surface area contributed by atoms with Crippen LogP contribution in [0.25, 0.3) is 0 Å². The van der Waals surface area contributed by atoms with E-state index in [2.05, 4.69) is 5.32 Å². The highest BCUT2D eigenvalue weighted by atomic mass is 16.4. The molecule has 0 saturated carbocycles. The van der Waals surface area contributed by atoms with E-state index in [0.29, 0.717) is 0 Å². The summed E-state index contributed by atoms with van der Waals surface area (Å²) >= 11 is 0. The summed E-state index contributed by atoms with van der Waals surface area (Å²) in [6.45, 7) is 2.64. The Labute approximate surface area is 102 Å². The Morgan fingerprint density at radius 1 is 1.22 bits per heavy atom. The highest BCUT2D eigenvalue weighted by molar-refractivity contribution is 5.91. The maximum absolute atomic E-state index is 11.4. The summed E-state index contributed by atoms with van der Waals surface area (Å²) in [5, 5.41) is 21.2. The second kappa shape index (κ2) is 5.84. The summed E-state index contributed by atoms with van der Waals surface area (Å²) in [6.07, 6.45) is -0.778. The number of amides is 3. The second-order valence-electron chi connectivity index (χ2n) is 4.08. The van der Waals surface area contributed by atoms with E-state index in [-0.39, 0.29) is 0 Å². The molecule has 0 saturated heterocycles. The van der Waals surface area contributed by atoms with Gasteiger partial charge in [-0.15, -0.1) is 0 Å². The summed E-state index contributed by atoms with van der Waals surface area (Å²) in [7, 11) is 0. The number of nitrogens with two attached hydrogens (primary N) is 1. The maximum Gasteiger partial charge on any atom is 0.326 e. The molecule has 1 atom stereocenters. The van der Waals surface area contributed by atoms with Crippen LogP contribution in [-0.2, 0) is 14.4 Å². The molecule has 0 aromatic rings. The first-order chi connectivity index (χ1) is 8.06. The van der Waals surface area contributed by atoms with Crippen molar-refractivity contribution in [1.82, 2.24) is 10.6 Å². The van der Waals surface area contributed by atoms with Gasteiger partial charge in [-0.3, -0.25) is 9.59 Å². The molecule has 0 bridgehead atoms. The van der Waals surface area contributed by atoms with Crippen molar-refractivity contribution in [2.45, 2.75) is 31.8 Å². The number of nitrogens with one attached hydrogen (secondary N) is 2. The number of rotatable bonds is 6. The number of hydrogen-bond donors (Lipinski definition) is 5. The standard InChI is InChI=1S/C9H15N3O6/c1-9(2,7(10)17)12-8(18)11-4(6(15)16)3-5(13)14/h4H,3H2,1-2H3,(H2,10,17)(H,13,14)(H,15,16)(H2,11,12,18)/t4-/m0/s1. The fourth-order valence-corrected chi connectivity index (χ4v) is 0.914. The maximum atomic E-state index is 11.4. The molecule has 0 aromatic heterocycles. The smallest absolute Gasteiger partial charge is 0.326 e. The first-order valence-electron chi connectivity index (χ1n) is 4.89. The Hall–Kier alpha value is -2.32. The van der Waals surface area contributed by atoms with Crippen LogP contribution in [0.3, 0.4) is 0 Å². The minimum atomic E-state index is -1.59. The SMILES string of the molecule is CC(C)(NC(=O)N[C@@H](CC(=O)O)C(=O)O)C(N)=O. The van der Waals surface area contributed by atoms with Crippen LogP contribution < -0.4 is 16.4 Å². The second-order valence-corrected chi connectivity index (χ2v) is 4.08. The number of primary amides is 1. The largest absolute Gasteiger partial charge is 0.481 e. The van der Waals surface area contributed by atoms with Crippen molar-refractivity contribution in [2.75, 3.05) is 0 Å². The van der Waals surface area contributed by atoms with Crippen LogP contribution in [0.15, 0.2) is 0 Å². The van der Waals surface area contributed by atoms with Crippen molar-refractivity contribution in [3.8, 4) is 0 Å². The molecule has 0 unspecified atom stereocenters. The number of carbonyl (C=O) groups is 4. The molecular weight excluding hydrogens is 246 g/mol. The van der Waals surface area contributed by atoms with E-state index in [1.165, 1.54) is 13.8 Å². The third-order valence-corrected chi connectivity index (χ3v) is 2.02. The first-order valence-corrected chi connectivity index (χ1v) is 4.89. The van der Waals surface area contributed by atoms with E-state index < -0.39 is 41.9 Å². The van der Waals surface area contributed by atoms with Crippen molar-refractivity contribution < 1.29 is 29.4 Å². The van der Waals surface area contributed by atoms with Crippen LogP contribution in [0.1, 0.15) is 20.3 Å². The van der Waals surface area contributed by atoms with Gasteiger partial charge in [-0.05, 0) is 13.8 Å². The molecule has 0 radical (unpaired) electrons. The number of urea groups is 1. The number of carbonyl (C=O) groups excluding carboxylic acids is 2. The molecule has 0 rings (SSSR count). The van der Waals surface area contributed by atoms with Crippen LogP contribution in [0.4, 0.5) is 4.79 Å². The third-order valence-electron chi connectivity index (χ3n) is 2.02. The van der Waals surface area contributed by atoms with Gasteiger partial charge in [0.05, 0.1) is 6.42 Å². The molecule has 0 aliphatic heterocycles. The molecule has 0 aliphatic rings. The van der Waals surface area contributed by atoms with Crippen LogP contribution in [-0.4, -0.2) is 45.7 Å². The summed E-state index contributed by atoms with van der Waals surface area (Å²) in [5.74, 6) is -3.69. The lowest BCUT2D eigenvalue weighted by molar-refractivity contribution is -0.145. The van der Waals surface area contributed by atoms with Gasteiger partial charge in [0.2, 0.25) is 5.91 Å². The highest BCUT2D eigenvalue weighted by Crippen LogP contribution is 2.00. The lowest BCUT2D eigenvalue weighted by atomic mass is 10.1. The van der Waals surface area contributed by atoms with E-state index in [1.807, 2.05) is 5.32 Å². The Kier molecular flexibility index (Phi) is 5.09. The van der Waals surface area contributed by atoms with Gasteiger partial charge in [0.15, 0.2) is 0 Å². The molecular formula is C9H15N3O6. The fourth-order valence-electron chi connectivity index (χ4n) is 0.914. The van der Waals surface area contributed by atoms with Crippen LogP contribution in [0.2, 0.25) is 0 Å². The Balaban J connectivity index is 4.57. The van der Waals surface area contributed by atoms with Crippen molar-refractivity contribution in [3.05, 3.63) is 0 Å². The fraction of sp³-hybridized carbons (Fsp3) is 0.556. The van der Waals surface area contributed by atoms with Gasteiger partial charge in [0.1, 0.15) is 11.6 Å². The minimum absolute atomic E-state index is 0.778. The molecule has 9 nitrogen and oxygen atoms in total. The molecule has 0 heterocycles. The Morgan fingerprint density at radius 2 is 1.72 bits per heavy atom.